The van der Waals surface area contributed by atoms with Crippen molar-refractivity contribution in [3.05, 3.63) is 23.8 Å². The fraction of sp³-hybridized carbons (Fsp3) is 0.615. The number of nitrogens with zero attached hydrogens (tertiary/aromatic N) is 3. The lowest BCUT2D eigenvalue weighted by molar-refractivity contribution is -0.161. The minimum atomic E-state index is -1.35. The maximum Gasteiger partial charge on any atom is 0.332 e. The Morgan fingerprint density at radius 2 is 1.74 bits per heavy atom. The number of urea groups is 1. The summed E-state index contributed by atoms with van der Waals surface area (Å²) in [6, 6.07) is 5.46. The Balaban J connectivity index is 1.70. The fourth-order valence-corrected chi connectivity index (χ4v) is 8.13. The van der Waals surface area contributed by atoms with Gasteiger partial charge < -0.3 is 15.5 Å². The molecule has 8 nitrogen and oxygen atoms in total. The van der Waals surface area contributed by atoms with E-state index in [2.05, 4.69) is 42.4 Å². The Morgan fingerprint density at radius 1 is 1.09 bits per heavy atom. The molecule has 5 rings (SSSR count). The molecule has 35 heavy (non-hydrogen) atoms. The molecule has 3 heterocycles. The zero-order valence-corrected chi connectivity index (χ0v) is 22.2. The summed E-state index contributed by atoms with van der Waals surface area (Å²) in [6.45, 7) is 9.49. The van der Waals surface area contributed by atoms with E-state index in [4.69, 9.17) is 12.2 Å². The number of barbiturate groups is 1. The van der Waals surface area contributed by atoms with E-state index in [1.807, 2.05) is 19.1 Å². The third-order valence-electron chi connectivity index (χ3n) is 8.54. The normalized spacial score (nSPS) is 30.3. The Hall–Kier alpha value is -2.68. The molecule has 2 N–H and O–H groups in total. The van der Waals surface area contributed by atoms with E-state index < -0.39 is 11.4 Å². The van der Waals surface area contributed by atoms with Crippen LogP contribution < -0.4 is 15.5 Å². The van der Waals surface area contributed by atoms with Gasteiger partial charge in [-0.05, 0) is 79.4 Å². The van der Waals surface area contributed by atoms with Crippen molar-refractivity contribution in [2.45, 2.75) is 65.5 Å². The molecule has 4 aliphatic rings. The van der Waals surface area contributed by atoms with Crippen LogP contribution >= 0.6 is 12.2 Å². The minimum Gasteiger partial charge on any atom is -0.363 e. The predicted octanol–water partition coefficient (Wildman–Crippen LogP) is 3.36. The molecule has 1 spiro atoms. The van der Waals surface area contributed by atoms with Crippen molar-refractivity contribution in [1.29, 1.82) is 0 Å². The Bertz CT molecular complexity index is 1130. The van der Waals surface area contributed by atoms with Crippen molar-refractivity contribution in [1.82, 2.24) is 15.1 Å². The molecule has 0 unspecified atom stereocenters. The van der Waals surface area contributed by atoms with Gasteiger partial charge in [0, 0.05) is 38.1 Å². The molecule has 1 aliphatic carbocycles. The van der Waals surface area contributed by atoms with Gasteiger partial charge in [-0.25, -0.2) is 4.79 Å². The van der Waals surface area contributed by atoms with Gasteiger partial charge in [0.15, 0.2) is 10.5 Å². The molecule has 1 aromatic carbocycles. The smallest absolute Gasteiger partial charge is 0.332 e. The molecule has 1 aromatic rings. The standard InChI is InChI=1S/C26H35N5O3S/c1-7-27-22(35)28-16-8-9-18-15(10-16)11-26(20(32)29(5)23(34)30(6)21(26)33)19-25(4)13-17(31(18)19)12-24(2,3)14-25/h8-10,17,19H,7,11-14H2,1-6H3,(H2,27,28,35)/t17-,19+,25+/m1/s1. The maximum atomic E-state index is 14.0. The molecule has 0 aromatic heterocycles. The number of carbonyl (C=O) groups excluding carboxylic acids is 3. The number of hydrogen-bond acceptors (Lipinski definition) is 5. The maximum absolute atomic E-state index is 14.0. The van der Waals surface area contributed by atoms with Crippen LogP contribution in [0.15, 0.2) is 18.2 Å². The highest BCUT2D eigenvalue weighted by molar-refractivity contribution is 7.80. The molecule has 4 amide bonds. The average Bonchev–Trinajstić information content (AvgIpc) is 3.00. The molecule has 3 fully saturated rings. The van der Waals surface area contributed by atoms with E-state index in [9.17, 15) is 14.4 Å². The second-order valence-electron chi connectivity index (χ2n) is 11.9. The number of carbonyl (C=O) groups is 3. The van der Waals surface area contributed by atoms with E-state index in [1.165, 1.54) is 14.1 Å². The SMILES string of the molecule is CCNC(=S)Nc1ccc2c(c1)CC1(C(=O)N(C)C(=O)N(C)C1=O)[C@H]1N2[C@@H]2CC(C)(C)C[C@]1(C)C2. The number of nitrogens with one attached hydrogen (secondary N) is 2. The van der Waals surface area contributed by atoms with Gasteiger partial charge in [0.1, 0.15) is 0 Å². The highest BCUT2D eigenvalue weighted by atomic mass is 32.1. The second-order valence-corrected chi connectivity index (χ2v) is 12.3. The summed E-state index contributed by atoms with van der Waals surface area (Å²) >= 11 is 5.37. The number of anilines is 2. The number of thiocarbonyl (C=S) groups is 1. The van der Waals surface area contributed by atoms with Crippen LogP contribution in [-0.4, -0.2) is 65.5 Å². The zero-order valence-electron chi connectivity index (χ0n) is 21.4. The van der Waals surface area contributed by atoms with Crippen molar-refractivity contribution in [2.75, 3.05) is 30.9 Å². The Kier molecular flexibility index (Phi) is 5.26. The Labute approximate surface area is 212 Å². The van der Waals surface area contributed by atoms with Crippen LogP contribution in [0.25, 0.3) is 0 Å². The molecule has 1 saturated carbocycles. The number of rotatable bonds is 2. The van der Waals surface area contributed by atoms with Gasteiger partial charge in [0.25, 0.3) is 0 Å². The molecule has 2 bridgehead atoms. The first-order valence-corrected chi connectivity index (χ1v) is 12.8. The molecular weight excluding hydrogens is 462 g/mol. The van der Waals surface area contributed by atoms with E-state index in [0.29, 0.717) is 11.7 Å². The highest BCUT2D eigenvalue weighted by Gasteiger charge is 2.71. The van der Waals surface area contributed by atoms with E-state index in [0.717, 1.165) is 46.0 Å². The molecule has 0 radical (unpaired) electrons. The number of hydrogen-bond donors (Lipinski definition) is 2. The second kappa shape index (κ2) is 7.66. The van der Waals surface area contributed by atoms with Crippen molar-refractivity contribution < 1.29 is 14.4 Å². The summed E-state index contributed by atoms with van der Waals surface area (Å²) in [4.78, 5) is 45.5. The number of fused-ring (bicyclic) bond motifs is 8. The average molecular weight is 498 g/mol. The van der Waals surface area contributed by atoms with Crippen LogP contribution in [0.3, 0.4) is 0 Å². The predicted molar refractivity (Wildman–Crippen MR) is 139 cm³/mol. The monoisotopic (exact) mass is 497 g/mol. The van der Waals surface area contributed by atoms with Crippen molar-refractivity contribution in [2.24, 2.45) is 16.2 Å². The molecule has 3 atom stereocenters. The van der Waals surface area contributed by atoms with Gasteiger partial charge in [0.2, 0.25) is 11.8 Å². The van der Waals surface area contributed by atoms with Crippen LogP contribution in [0.5, 0.6) is 0 Å². The Morgan fingerprint density at radius 3 is 2.37 bits per heavy atom. The van der Waals surface area contributed by atoms with E-state index in [-0.39, 0.29) is 41.1 Å². The molecular formula is C26H35N5O3S. The summed E-state index contributed by atoms with van der Waals surface area (Å²) in [5.41, 5.74) is 1.32. The third-order valence-corrected chi connectivity index (χ3v) is 8.79. The van der Waals surface area contributed by atoms with Crippen LogP contribution in [0, 0.1) is 16.2 Å². The summed E-state index contributed by atoms with van der Waals surface area (Å²) in [5, 5.41) is 6.83. The van der Waals surface area contributed by atoms with E-state index in [1.54, 1.807) is 0 Å². The summed E-state index contributed by atoms with van der Waals surface area (Å²) < 4.78 is 0. The van der Waals surface area contributed by atoms with Crippen LogP contribution in [0.2, 0.25) is 0 Å². The minimum absolute atomic E-state index is 0.0876. The lowest BCUT2D eigenvalue weighted by Crippen LogP contribution is -2.72. The molecule has 9 heteroatoms. The van der Waals surface area contributed by atoms with Crippen molar-refractivity contribution in [3.8, 4) is 0 Å². The topological polar surface area (TPSA) is 85.0 Å². The van der Waals surface area contributed by atoms with Gasteiger partial charge in [-0.15, -0.1) is 0 Å². The van der Waals surface area contributed by atoms with Gasteiger partial charge in [-0.1, -0.05) is 20.8 Å². The number of imide groups is 2. The van der Waals surface area contributed by atoms with Crippen LogP contribution in [-0.2, 0) is 16.0 Å². The largest absolute Gasteiger partial charge is 0.363 e. The fourth-order valence-electron chi connectivity index (χ4n) is 7.87. The quantitative estimate of drug-likeness (QED) is 0.479. The molecule has 188 valence electrons. The molecule has 3 aliphatic heterocycles. The lowest BCUT2D eigenvalue weighted by Gasteiger charge is -2.54. The zero-order chi connectivity index (χ0) is 25.5. The highest BCUT2D eigenvalue weighted by Crippen LogP contribution is 2.64. The summed E-state index contributed by atoms with van der Waals surface area (Å²) in [6.07, 6.45) is 3.10. The molecule has 2 saturated heterocycles. The first-order chi connectivity index (χ1) is 16.3. The number of benzene rings is 1. The summed E-state index contributed by atoms with van der Waals surface area (Å²) in [7, 11) is 2.99. The lowest BCUT2D eigenvalue weighted by atomic mass is 9.56. The van der Waals surface area contributed by atoms with E-state index >= 15 is 0 Å². The number of amides is 4. The first-order valence-electron chi connectivity index (χ1n) is 12.4. The van der Waals surface area contributed by atoms with Crippen molar-refractivity contribution in [3.63, 3.8) is 0 Å². The van der Waals surface area contributed by atoms with Gasteiger partial charge >= 0.3 is 6.03 Å². The van der Waals surface area contributed by atoms with Crippen LogP contribution in [0.1, 0.15) is 52.5 Å². The van der Waals surface area contributed by atoms with Gasteiger partial charge in [-0.2, -0.15) is 0 Å². The van der Waals surface area contributed by atoms with Gasteiger partial charge in [0.05, 0.1) is 6.04 Å². The van der Waals surface area contributed by atoms with Crippen molar-refractivity contribution >= 4 is 46.6 Å². The van der Waals surface area contributed by atoms with Crippen LogP contribution in [0.4, 0.5) is 16.2 Å². The first kappa shape index (κ1) is 24.0. The third kappa shape index (κ3) is 3.30. The van der Waals surface area contributed by atoms with Gasteiger partial charge in [-0.3, -0.25) is 19.4 Å². The summed E-state index contributed by atoms with van der Waals surface area (Å²) in [5.74, 6) is -0.779.